The van der Waals surface area contributed by atoms with E-state index < -0.39 is 30.1 Å². The first kappa shape index (κ1) is 24.3. The van der Waals surface area contributed by atoms with E-state index in [0.717, 1.165) is 22.3 Å². The molecule has 2 unspecified atom stereocenters. The van der Waals surface area contributed by atoms with Crippen LogP contribution >= 0.6 is 0 Å². The van der Waals surface area contributed by atoms with Gasteiger partial charge in [0.1, 0.15) is 12.6 Å². The predicted molar refractivity (Wildman–Crippen MR) is 125 cm³/mol. The minimum Gasteiger partial charge on any atom is -0.480 e. The van der Waals surface area contributed by atoms with Crippen molar-refractivity contribution in [3.05, 3.63) is 59.7 Å². The third kappa shape index (κ3) is 5.90. The Labute approximate surface area is 193 Å². The third-order valence-electron chi connectivity index (χ3n) is 5.92. The van der Waals surface area contributed by atoms with Crippen LogP contribution in [0.25, 0.3) is 11.1 Å². The number of nitrogens with two attached hydrogens (primary N) is 1. The van der Waals surface area contributed by atoms with E-state index in [4.69, 9.17) is 10.5 Å². The second kappa shape index (κ2) is 11.0. The van der Waals surface area contributed by atoms with Crippen molar-refractivity contribution in [2.45, 2.75) is 44.7 Å². The summed E-state index contributed by atoms with van der Waals surface area (Å²) in [5.41, 5.74) is 10.3. The Bertz CT molecular complexity index is 962. The molecule has 2 aromatic rings. The molecule has 8 nitrogen and oxygen atoms in total. The van der Waals surface area contributed by atoms with Crippen LogP contribution in [-0.2, 0) is 14.3 Å². The van der Waals surface area contributed by atoms with Gasteiger partial charge in [0.15, 0.2) is 0 Å². The normalized spacial score (nSPS) is 14.2. The monoisotopic (exact) mass is 453 g/mol. The van der Waals surface area contributed by atoms with E-state index in [0.29, 0.717) is 6.42 Å². The van der Waals surface area contributed by atoms with Crippen molar-refractivity contribution in [3.8, 4) is 11.1 Å². The molecule has 0 fully saturated rings. The van der Waals surface area contributed by atoms with E-state index in [9.17, 15) is 19.5 Å². The fraction of sp³-hybridized carbons (Fsp3) is 0.400. The Morgan fingerprint density at radius 3 is 2.15 bits per heavy atom. The number of carbonyl (C=O) groups excluding carboxylic acids is 2. The van der Waals surface area contributed by atoms with Crippen LogP contribution in [0.5, 0.6) is 0 Å². The van der Waals surface area contributed by atoms with Gasteiger partial charge in [-0.3, -0.25) is 4.79 Å². The molecule has 5 N–H and O–H groups in total. The van der Waals surface area contributed by atoms with Crippen LogP contribution in [0.2, 0.25) is 0 Å². The lowest BCUT2D eigenvalue weighted by molar-refractivity contribution is -0.142. The van der Waals surface area contributed by atoms with Crippen molar-refractivity contribution in [2.75, 3.05) is 13.2 Å². The van der Waals surface area contributed by atoms with Gasteiger partial charge in [-0.15, -0.1) is 0 Å². The molecule has 0 heterocycles. The summed E-state index contributed by atoms with van der Waals surface area (Å²) in [5, 5.41) is 14.5. The van der Waals surface area contributed by atoms with E-state index in [1.54, 1.807) is 13.8 Å². The van der Waals surface area contributed by atoms with Gasteiger partial charge in [-0.1, -0.05) is 62.4 Å². The van der Waals surface area contributed by atoms with Crippen LogP contribution in [0.4, 0.5) is 4.79 Å². The number of benzene rings is 2. The molecular weight excluding hydrogens is 422 g/mol. The van der Waals surface area contributed by atoms with Gasteiger partial charge in [-0.05, 0) is 41.0 Å². The molecular formula is C25H31N3O5. The van der Waals surface area contributed by atoms with Crippen molar-refractivity contribution in [1.29, 1.82) is 0 Å². The summed E-state index contributed by atoms with van der Waals surface area (Å²) in [6.07, 6.45) is -0.0388. The Morgan fingerprint density at radius 1 is 1.03 bits per heavy atom. The average molecular weight is 454 g/mol. The Balaban J connectivity index is 1.45. The largest absolute Gasteiger partial charge is 0.480 e. The lowest BCUT2D eigenvalue weighted by Gasteiger charge is -2.20. The number of carboxylic acids is 1. The summed E-state index contributed by atoms with van der Waals surface area (Å²) in [6, 6.07) is 14.3. The molecule has 0 spiro atoms. The van der Waals surface area contributed by atoms with Gasteiger partial charge in [-0.2, -0.15) is 0 Å². The summed E-state index contributed by atoms with van der Waals surface area (Å²) in [7, 11) is 0. The molecule has 0 bridgehead atoms. The van der Waals surface area contributed by atoms with Crippen LogP contribution in [0.15, 0.2) is 48.5 Å². The van der Waals surface area contributed by atoms with Gasteiger partial charge < -0.3 is 26.2 Å². The summed E-state index contributed by atoms with van der Waals surface area (Å²) in [5.74, 6) is -1.77. The van der Waals surface area contributed by atoms with Crippen LogP contribution in [0, 0.1) is 5.92 Å². The van der Waals surface area contributed by atoms with E-state index >= 15 is 0 Å². The molecule has 33 heavy (non-hydrogen) atoms. The number of fused-ring (bicyclic) bond motifs is 3. The molecule has 0 aromatic heterocycles. The predicted octanol–water partition coefficient (Wildman–Crippen LogP) is 2.86. The van der Waals surface area contributed by atoms with E-state index in [2.05, 4.69) is 22.8 Å². The molecule has 2 amide bonds. The second-order valence-electron chi connectivity index (χ2n) is 8.56. The molecule has 1 aliphatic carbocycles. The van der Waals surface area contributed by atoms with Crippen molar-refractivity contribution in [1.82, 2.24) is 10.6 Å². The summed E-state index contributed by atoms with van der Waals surface area (Å²) < 4.78 is 5.46. The first-order valence-corrected chi connectivity index (χ1v) is 11.2. The number of aliphatic carboxylic acids is 1. The molecule has 2 aromatic carbocycles. The maximum absolute atomic E-state index is 12.2. The van der Waals surface area contributed by atoms with Crippen molar-refractivity contribution in [3.63, 3.8) is 0 Å². The fourth-order valence-electron chi connectivity index (χ4n) is 3.97. The Hall–Kier alpha value is -3.39. The number of alkyl carbamates (subject to hydrolysis) is 1. The van der Waals surface area contributed by atoms with Gasteiger partial charge >= 0.3 is 12.1 Å². The molecule has 0 saturated carbocycles. The van der Waals surface area contributed by atoms with Crippen molar-refractivity contribution >= 4 is 18.0 Å². The van der Waals surface area contributed by atoms with Crippen molar-refractivity contribution < 1.29 is 24.2 Å². The minimum absolute atomic E-state index is 0.0279. The summed E-state index contributed by atoms with van der Waals surface area (Å²) >= 11 is 0. The van der Waals surface area contributed by atoms with Crippen LogP contribution in [0.3, 0.4) is 0 Å². The highest BCUT2D eigenvalue weighted by molar-refractivity contribution is 5.87. The number of carboxylic acid groups (broad SMARTS) is 1. The molecule has 0 radical (unpaired) electrons. The zero-order valence-corrected chi connectivity index (χ0v) is 18.9. The summed E-state index contributed by atoms with van der Waals surface area (Å²) in [4.78, 5) is 35.7. The molecule has 0 saturated heterocycles. The number of rotatable bonds is 10. The highest BCUT2D eigenvalue weighted by Gasteiger charge is 2.29. The van der Waals surface area contributed by atoms with Gasteiger partial charge in [0.05, 0.1) is 6.04 Å². The number of hydrogen-bond acceptors (Lipinski definition) is 5. The van der Waals surface area contributed by atoms with E-state index in [1.807, 2.05) is 36.4 Å². The Kier molecular flexibility index (Phi) is 8.06. The molecule has 0 aliphatic heterocycles. The topological polar surface area (TPSA) is 131 Å². The van der Waals surface area contributed by atoms with Gasteiger partial charge in [0.2, 0.25) is 5.91 Å². The number of amides is 2. The van der Waals surface area contributed by atoms with Crippen molar-refractivity contribution in [2.24, 2.45) is 11.7 Å². The number of carbonyl (C=O) groups is 3. The smallest absolute Gasteiger partial charge is 0.407 e. The van der Waals surface area contributed by atoms with Gasteiger partial charge in [0, 0.05) is 12.5 Å². The van der Waals surface area contributed by atoms with Crippen LogP contribution in [-0.4, -0.2) is 48.3 Å². The molecule has 3 rings (SSSR count). The highest BCUT2D eigenvalue weighted by atomic mass is 16.5. The summed E-state index contributed by atoms with van der Waals surface area (Å²) in [6.45, 7) is 4.02. The zero-order chi connectivity index (χ0) is 24.0. The first-order chi connectivity index (χ1) is 15.8. The molecule has 2 atom stereocenters. The minimum atomic E-state index is -1.14. The number of hydrogen-bond donors (Lipinski definition) is 4. The average Bonchev–Trinajstić information content (AvgIpc) is 3.12. The van der Waals surface area contributed by atoms with Gasteiger partial charge in [0.25, 0.3) is 0 Å². The zero-order valence-electron chi connectivity index (χ0n) is 18.9. The van der Waals surface area contributed by atoms with Gasteiger partial charge in [-0.25, -0.2) is 9.59 Å². The maximum atomic E-state index is 12.2. The third-order valence-corrected chi connectivity index (χ3v) is 5.92. The van der Waals surface area contributed by atoms with E-state index in [-0.39, 0.29) is 31.4 Å². The molecule has 8 heteroatoms. The maximum Gasteiger partial charge on any atom is 0.407 e. The Morgan fingerprint density at radius 2 is 1.61 bits per heavy atom. The number of ether oxygens (including phenoxy) is 1. The van der Waals surface area contributed by atoms with Crippen LogP contribution < -0.4 is 16.4 Å². The van der Waals surface area contributed by atoms with E-state index in [1.165, 1.54) is 0 Å². The number of nitrogens with one attached hydrogen (secondary N) is 2. The first-order valence-electron chi connectivity index (χ1n) is 11.2. The standard InChI is InChI=1S/C25H31N3O5/c1-15(2)22(26)23(29)28-21(24(30)31)12-7-13-27-25(32)33-14-20-18-10-5-3-8-16(18)17-9-4-6-11-19(17)20/h3-6,8-11,15,20-22H,7,12-14,26H2,1-2H3,(H,27,32)(H,28,29)(H,30,31). The lowest BCUT2D eigenvalue weighted by Crippen LogP contribution is -2.50. The second-order valence-corrected chi connectivity index (χ2v) is 8.56. The van der Waals surface area contributed by atoms with Crippen LogP contribution in [0.1, 0.15) is 43.7 Å². The quantitative estimate of drug-likeness (QED) is 0.409. The SMILES string of the molecule is CC(C)C(N)C(=O)NC(CCCNC(=O)OCC1c2ccccc2-c2ccccc21)C(=O)O. The molecule has 1 aliphatic rings. The highest BCUT2D eigenvalue weighted by Crippen LogP contribution is 2.44. The molecule has 176 valence electrons. The lowest BCUT2D eigenvalue weighted by atomic mass is 9.98. The fourth-order valence-corrected chi connectivity index (χ4v) is 3.97.